The summed E-state index contributed by atoms with van der Waals surface area (Å²) in [5.74, 6) is 0. The van der Waals surface area contributed by atoms with E-state index in [1.807, 2.05) is 41.8 Å². The minimum atomic E-state index is -3.66. The fourth-order valence-electron chi connectivity index (χ4n) is 2.27. The van der Waals surface area contributed by atoms with Gasteiger partial charge in [0.15, 0.2) is 0 Å². The highest BCUT2D eigenvalue weighted by Gasteiger charge is 2.26. The Hall–Kier alpha value is -2.05. The second kappa shape index (κ2) is 7.89. The lowest BCUT2D eigenvalue weighted by Gasteiger charge is -2.19. The highest BCUT2D eigenvalue weighted by atomic mass is 32.2. The van der Waals surface area contributed by atoms with Gasteiger partial charge in [-0.05, 0) is 35.7 Å². The molecule has 0 aliphatic rings. The molecule has 3 heterocycles. The van der Waals surface area contributed by atoms with Gasteiger partial charge in [-0.2, -0.15) is 9.57 Å². The number of hydrogen-bond acceptors (Lipinski definition) is 6. The molecular formula is C17H15N3O2S3. The molecule has 5 nitrogen and oxygen atoms in total. The van der Waals surface area contributed by atoms with Gasteiger partial charge in [-0.25, -0.2) is 8.42 Å². The third-order valence-corrected chi connectivity index (χ3v) is 7.76. The Labute approximate surface area is 154 Å². The van der Waals surface area contributed by atoms with E-state index in [0.29, 0.717) is 0 Å². The Morgan fingerprint density at radius 2 is 2.04 bits per heavy atom. The van der Waals surface area contributed by atoms with Crippen molar-refractivity contribution in [2.75, 3.05) is 6.54 Å². The van der Waals surface area contributed by atoms with E-state index < -0.39 is 10.0 Å². The van der Waals surface area contributed by atoms with Gasteiger partial charge < -0.3 is 0 Å². The molecule has 0 fully saturated rings. The Bertz CT molecular complexity index is 958. The van der Waals surface area contributed by atoms with Gasteiger partial charge in [0.2, 0.25) is 0 Å². The molecule has 0 saturated heterocycles. The van der Waals surface area contributed by atoms with Crippen molar-refractivity contribution >= 4 is 32.7 Å². The quantitative estimate of drug-likeness (QED) is 0.613. The summed E-state index contributed by atoms with van der Waals surface area (Å²) >= 11 is 2.70. The van der Waals surface area contributed by atoms with Gasteiger partial charge in [0, 0.05) is 30.6 Å². The van der Waals surface area contributed by atoms with Crippen molar-refractivity contribution in [3.63, 3.8) is 0 Å². The van der Waals surface area contributed by atoms with E-state index in [9.17, 15) is 8.42 Å². The predicted molar refractivity (Wildman–Crippen MR) is 99.7 cm³/mol. The van der Waals surface area contributed by atoms with Crippen LogP contribution in [0.2, 0.25) is 0 Å². The average molecular weight is 390 g/mol. The van der Waals surface area contributed by atoms with Crippen LogP contribution in [-0.2, 0) is 16.6 Å². The lowest BCUT2D eigenvalue weighted by atomic mass is 10.3. The highest BCUT2D eigenvalue weighted by molar-refractivity contribution is 7.91. The molecule has 0 aliphatic carbocycles. The third kappa shape index (κ3) is 4.14. The lowest BCUT2D eigenvalue weighted by molar-refractivity contribution is 0.417. The molecule has 0 spiro atoms. The number of thiophene rings is 2. The SMILES string of the molecule is N#CCCN(Cc1cccs1)S(=O)(=O)c1ccc(-c2ccccn2)s1. The molecule has 3 rings (SSSR count). The van der Waals surface area contributed by atoms with Crippen molar-refractivity contribution in [2.24, 2.45) is 0 Å². The van der Waals surface area contributed by atoms with Crippen LogP contribution in [0.3, 0.4) is 0 Å². The van der Waals surface area contributed by atoms with E-state index in [0.717, 1.165) is 15.4 Å². The number of nitriles is 1. The highest BCUT2D eigenvalue weighted by Crippen LogP contribution is 2.32. The van der Waals surface area contributed by atoms with Gasteiger partial charge in [-0.1, -0.05) is 12.1 Å². The summed E-state index contributed by atoms with van der Waals surface area (Å²) in [4.78, 5) is 6.01. The Balaban J connectivity index is 1.89. The van der Waals surface area contributed by atoms with Crippen molar-refractivity contribution in [3.05, 3.63) is 58.9 Å². The van der Waals surface area contributed by atoms with E-state index in [1.54, 1.807) is 18.3 Å². The number of aromatic nitrogens is 1. The maximum Gasteiger partial charge on any atom is 0.252 e. The van der Waals surface area contributed by atoms with E-state index in [1.165, 1.54) is 27.0 Å². The molecule has 0 amide bonds. The summed E-state index contributed by atoms with van der Waals surface area (Å²) in [6.07, 6.45) is 1.84. The molecule has 0 atom stereocenters. The summed E-state index contributed by atoms with van der Waals surface area (Å²) in [6, 6.07) is 14.7. The van der Waals surface area contributed by atoms with Crippen LogP contribution >= 0.6 is 22.7 Å². The first kappa shape index (κ1) is 17.8. The molecule has 0 unspecified atom stereocenters. The molecule has 3 aromatic heterocycles. The molecule has 0 N–H and O–H groups in total. The van der Waals surface area contributed by atoms with Gasteiger partial charge in [0.25, 0.3) is 10.0 Å². The summed E-state index contributed by atoms with van der Waals surface area (Å²) in [5.41, 5.74) is 0.746. The fraction of sp³-hybridized carbons (Fsp3) is 0.176. The Morgan fingerprint density at radius 1 is 1.16 bits per heavy atom. The summed E-state index contributed by atoms with van der Waals surface area (Å²) in [5, 5.41) is 10.8. The Morgan fingerprint density at radius 3 is 2.72 bits per heavy atom. The topological polar surface area (TPSA) is 74.1 Å². The predicted octanol–water partition coefficient (Wildman–Crippen LogP) is 3.98. The van der Waals surface area contributed by atoms with E-state index in [-0.39, 0.29) is 23.7 Å². The van der Waals surface area contributed by atoms with Crippen molar-refractivity contribution in [1.82, 2.24) is 9.29 Å². The van der Waals surface area contributed by atoms with Crippen LogP contribution < -0.4 is 0 Å². The first-order valence-corrected chi connectivity index (χ1v) is 10.7. The van der Waals surface area contributed by atoms with Crippen molar-refractivity contribution < 1.29 is 8.42 Å². The maximum atomic E-state index is 13.0. The summed E-state index contributed by atoms with van der Waals surface area (Å²) < 4.78 is 27.7. The van der Waals surface area contributed by atoms with Gasteiger partial charge in [0.1, 0.15) is 4.21 Å². The van der Waals surface area contributed by atoms with Crippen LogP contribution in [0.4, 0.5) is 0 Å². The smallest absolute Gasteiger partial charge is 0.252 e. The largest absolute Gasteiger partial charge is 0.255 e. The molecule has 0 saturated carbocycles. The van der Waals surface area contributed by atoms with Crippen LogP contribution in [0.15, 0.2) is 58.3 Å². The Kier molecular flexibility index (Phi) is 5.60. The van der Waals surface area contributed by atoms with E-state index >= 15 is 0 Å². The molecule has 0 aliphatic heterocycles. The number of nitrogens with zero attached hydrogens (tertiary/aromatic N) is 3. The molecule has 8 heteroatoms. The maximum absolute atomic E-state index is 13.0. The van der Waals surface area contributed by atoms with Crippen LogP contribution in [0.5, 0.6) is 0 Å². The summed E-state index contributed by atoms with van der Waals surface area (Å²) in [6.45, 7) is 0.450. The van der Waals surface area contributed by atoms with Gasteiger partial charge >= 0.3 is 0 Å². The van der Waals surface area contributed by atoms with Crippen LogP contribution in [-0.4, -0.2) is 24.3 Å². The zero-order chi connectivity index (χ0) is 17.7. The number of hydrogen-bond donors (Lipinski definition) is 0. The van der Waals surface area contributed by atoms with Crippen molar-refractivity contribution in [1.29, 1.82) is 5.26 Å². The monoisotopic (exact) mass is 389 g/mol. The number of rotatable bonds is 7. The van der Waals surface area contributed by atoms with Gasteiger partial charge in [0.05, 0.1) is 16.6 Å². The van der Waals surface area contributed by atoms with Crippen LogP contribution in [0, 0.1) is 11.3 Å². The normalized spacial score (nSPS) is 11.5. The zero-order valence-corrected chi connectivity index (χ0v) is 15.6. The summed E-state index contributed by atoms with van der Waals surface area (Å²) in [7, 11) is -3.66. The number of pyridine rings is 1. The van der Waals surface area contributed by atoms with Crippen LogP contribution in [0.1, 0.15) is 11.3 Å². The molecule has 0 radical (unpaired) electrons. The second-order valence-electron chi connectivity index (χ2n) is 5.16. The number of sulfonamides is 1. The average Bonchev–Trinajstić information content (AvgIpc) is 3.31. The molecule has 0 bridgehead atoms. The molecular weight excluding hydrogens is 374 g/mol. The van der Waals surface area contributed by atoms with E-state index in [2.05, 4.69) is 4.98 Å². The minimum absolute atomic E-state index is 0.156. The molecule has 128 valence electrons. The second-order valence-corrected chi connectivity index (χ2v) is 9.44. The molecule has 3 aromatic rings. The van der Waals surface area contributed by atoms with Crippen LogP contribution in [0.25, 0.3) is 10.6 Å². The molecule has 0 aromatic carbocycles. The van der Waals surface area contributed by atoms with Crippen molar-refractivity contribution in [3.8, 4) is 16.6 Å². The zero-order valence-electron chi connectivity index (χ0n) is 13.2. The molecule has 25 heavy (non-hydrogen) atoms. The van der Waals surface area contributed by atoms with Gasteiger partial charge in [-0.3, -0.25) is 4.98 Å². The minimum Gasteiger partial charge on any atom is -0.255 e. The lowest BCUT2D eigenvalue weighted by Crippen LogP contribution is -2.30. The standard InChI is InChI=1S/C17H15N3O2S3/c18-9-4-11-20(13-14-5-3-12-23-14)25(21,22)17-8-7-16(24-17)15-6-1-2-10-19-15/h1-3,5-8,10,12H,4,11,13H2. The van der Waals surface area contributed by atoms with E-state index in [4.69, 9.17) is 5.26 Å². The first-order valence-electron chi connectivity index (χ1n) is 7.52. The van der Waals surface area contributed by atoms with Crippen molar-refractivity contribution in [2.45, 2.75) is 17.2 Å². The third-order valence-electron chi connectivity index (χ3n) is 3.48. The fourth-order valence-corrected chi connectivity index (χ4v) is 5.92. The first-order chi connectivity index (χ1) is 12.1. The van der Waals surface area contributed by atoms with Gasteiger partial charge in [-0.15, -0.1) is 22.7 Å².